The Bertz CT molecular complexity index is 852. The number of fused-ring (bicyclic) bond motifs is 1. The van der Waals surface area contributed by atoms with E-state index in [1.165, 1.54) is 19.3 Å². The van der Waals surface area contributed by atoms with Gasteiger partial charge in [-0.3, -0.25) is 4.79 Å². The van der Waals surface area contributed by atoms with E-state index in [9.17, 15) is 4.79 Å². The van der Waals surface area contributed by atoms with Gasteiger partial charge in [-0.2, -0.15) is 4.98 Å². The maximum Gasteiger partial charge on any atom is 0.259 e. The fourth-order valence-electron chi connectivity index (χ4n) is 4.99. The highest BCUT2D eigenvalue weighted by atomic mass is 16.5. The quantitative estimate of drug-likeness (QED) is 0.883. The molecular formula is C20H28N4O2. The number of rotatable bonds is 3. The van der Waals surface area contributed by atoms with Gasteiger partial charge >= 0.3 is 0 Å². The van der Waals surface area contributed by atoms with Gasteiger partial charge in [0.05, 0.1) is 5.56 Å². The molecule has 0 aromatic carbocycles. The third kappa shape index (κ3) is 3.61. The third-order valence-corrected chi connectivity index (χ3v) is 5.73. The number of pyridine rings is 1. The van der Waals surface area contributed by atoms with E-state index >= 15 is 0 Å². The molecule has 0 spiro atoms. The third-order valence-electron chi connectivity index (χ3n) is 5.73. The first kappa shape index (κ1) is 17.5. The molecule has 4 rings (SSSR count). The summed E-state index contributed by atoms with van der Waals surface area (Å²) in [5.41, 5.74) is 2.86. The van der Waals surface area contributed by atoms with Crippen molar-refractivity contribution >= 4 is 0 Å². The van der Waals surface area contributed by atoms with Crippen LogP contribution in [0.4, 0.5) is 0 Å². The number of aromatic nitrogens is 3. The first-order valence-corrected chi connectivity index (χ1v) is 9.68. The van der Waals surface area contributed by atoms with E-state index in [4.69, 9.17) is 4.52 Å². The molecule has 6 heteroatoms. The summed E-state index contributed by atoms with van der Waals surface area (Å²) >= 11 is 0. The van der Waals surface area contributed by atoms with Crippen LogP contribution in [0.25, 0.3) is 11.4 Å². The lowest BCUT2D eigenvalue weighted by molar-refractivity contribution is 0.127. The summed E-state index contributed by atoms with van der Waals surface area (Å²) in [5, 5.41) is 7.41. The second-order valence-electron chi connectivity index (χ2n) is 8.94. The number of aromatic amines is 1. The van der Waals surface area contributed by atoms with Gasteiger partial charge in [0.15, 0.2) is 0 Å². The van der Waals surface area contributed by atoms with Gasteiger partial charge in [0.1, 0.15) is 0 Å². The molecule has 2 atom stereocenters. The Labute approximate surface area is 153 Å². The molecule has 2 aliphatic rings. The minimum Gasteiger partial charge on any atom is -0.339 e. The molecule has 0 amide bonds. The van der Waals surface area contributed by atoms with Crippen LogP contribution in [0.15, 0.2) is 15.4 Å². The lowest BCUT2D eigenvalue weighted by Crippen LogP contribution is -2.28. The predicted molar refractivity (Wildman–Crippen MR) is 99.8 cm³/mol. The topological polar surface area (TPSA) is 83.8 Å². The van der Waals surface area contributed by atoms with Crippen molar-refractivity contribution in [3.63, 3.8) is 0 Å². The lowest BCUT2D eigenvalue weighted by Gasteiger charge is -2.38. The van der Waals surface area contributed by atoms with E-state index in [0.29, 0.717) is 28.6 Å². The highest BCUT2D eigenvalue weighted by Crippen LogP contribution is 2.42. The normalized spacial score (nSPS) is 25.0. The Morgan fingerprint density at radius 1 is 1.35 bits per heavy atom. The first-order valence-electron chi connectivity index (χ1n) is 9.68. The first-order chi connectivity index (χ1) is 12.4. The molecule has 6 nitrogen and oxygen atoms in total. The van der Waals surface area contributed by atoms with Crippen LogP contribution in [0, 0.1) is 17.3 Å². The fourth-order valence-corrected chi connectivity index (χ4v) is 4.99. The Kier molecular flexibility index (Phi) is 4.47. The minimum atomic E-state index is -0.134. The number of nitrogens with zero attached hydrogens (tertiary/aromatic N) is 2. The summed E-state index contributed by atoms with van der Waals surface area (Å²) in [7, 11) is 0. The Morgan fingerprint density at radius 2 is 2.19 bits per heavy atom. The van der Waals surface area contributed by atoms with Gasteiger partial charge in [-0.15, -0.1) is 0 Å². The van der Waals surface area contributed by atoms with Crippen LogP contribution in [-0.2, 0) is 19.4 Å². The molecule has 2 N–H and O–H groups in total. The smallest absolute Gasteiger partial charge is 0.259 e. The van der Waals surface area contributed by atoms with Crippen LogP contribution in [0.3, 0.4) is 0 Å². The van der Waals surface area contributed by atoms with Crippen molar-refractivity contribution in [1.82, 2.24) is 20.4 Å². The van der Waals surface area contributed by atoms with Crippen molar-refractivity contribution < 1.29 is 4.52 Å². The van der Waals surface area contributed by atoms with E-state index in [-0.39, 0.29) is 5.56 Å². The van der Waals surface area contributed by atoms with E-state index in [0.717, 1.165) is 43.1 Å². The molecular weight excluding hydrogens is 328 g/mol. The highest BCUT2D eigenvalue weighted by molar-refractivity contribution is 5.54. The summed E-state index contributed by atoms with van der Waals surface area (Å²) in [6.45, 7) is 8.67. The van der Waals surface area contributed by atoms with Crippen LogP contribution >= 0.6 is 0 Å². The molecule has 1 aliphatic heterocycles. The van der Waals surface area contributed by atoms with Crippen LogP contribution in [0.5, 0.6) is 0 Å². The summed E-state index contributed by atoms with van der Waals surface area (Å²) < 4.78 is 5.49. The molecule has 3 heterocycles. The van der Waals surface area contributed by atoms with Crippen LogP contribution in [0.1, 0.15) is 57.2 Å². The van der Waals surface area contributed by atoms with E-state index in [1.807, 2.05) is 6.07 Å². The maximum atomic E-state index is 12.4. The number of hydrogen-bond acceptors (Lipinski definition) is 5. The van der Waals surface area contributed by atoms with Crippen molar-refractivity contribution in [1.29, 1.82) is 0 Å². The predicted octanol–water partition coefficient (Wildman–Crippen LogP) is 3.08. The molecule has 1 aliphatic carbocycles. The second kappa shape index (κ2) is 6.65. The summed E-state index contributed by atoms with van der Waals surface area (Å²) in [6, 6.07) is 1.90. The summed E-state index contributed by atoms with van der Waals surface area (Å²) in [4.78, 5) is 19.9. The van der Waals surface area contributed by atoms with Crippen LogP contribution in [0.2, 0.25) is 0 Å². The maximum absolute atomic E-state index is 12.4. The second-order valence-corrected chi connectivity index (χ2v) is 8.94. The van der Waals surface area contributed by atoms with Gasteiger partial charge in [0, 0.05) is 31.6 Å². The van der Waals surface area contributed by atoms with Gasteiger partial charge in [-0.25, -0.2) is 0 Å². The van der Waals surface area contributed by atoms with Crippen LogP contribution in [-0.4, -0.2) is 21.7 Å². The van der Waals surface area contributed by atoms with Crippen molar-refractivity contribution in [2.45, 2.75) is 59.4 Å². The van der Waals surface area contributed by atoms with Crippen molar-refractivity contribution in [2.75, 3.05) is 6.54 Å². The van der Waals surface area contributed by atoms with Crippen molar-refractivity contribution in [2.24, 2.45) is 17.3 Å². The zero-order valence-electron chi connectivity index (χ0n) is 15.9. The van der Waals surface area contributed by atoms with Crippen molar-refractivity contribution in [3.8, 4) is 11.4 Å². The minimum absolute atomic E-state index is 0.134. The Morgan fingerprint density at radius 3 is 3.00 bits per heavy atom. The Hall–Kier alpha value is -1.95. The highest BCUT2D eigenvalue weighted by Gasteiger charge is 2.33. The number of nitrogens with one attached hydrogen (secondary N) is 2. The molecule has 0 saturated heterocycles. The number of hydrogen-bond donors (Lipinski definition) is 2. The van der Waals surface area contributed by atoms with Gasteiger partial charge in [0.25, 0.3) is 5.56 Å². The van der Waals surface area contributed by atoms with Crippen LogP contribution < -0.4 is 10.9 Å². The largest absolute Gasteiger partial charge is 0.339 e. The molecule has 2 unspecified atom stereocenters. The van der Waals surface area contributed by atoms with E-state index in [1.54, 1.807) is 0 Å². The molecule has 1 saturated carbocycles. The average molecular weight is 356 g/mol. The lowest BCUT2D eigenvalue weighted by atomic mass is 9.67. The van der Waals surface area contributed by atoms with Gasteiger partial charge in [-0.05, 0) is 48.1 Å². The molecule has 2 aromatic rings. The van der Waals surface area contributed by atoms with E-state index in [2.05, 4.69) is 41.2 Å². The molecule has 0 radical (unpaired) electrons. The molecule has 26 heavy (non-hydrogen) atoms. The molecule has 1 fully saturated rings. The van der Waals surface area contributed by atoms with Crippen molar-refractivity contribution in [3.05, 3.63) is 33.6 Å². The number of H-pyrrole nitrogens is 1. The fraction of sp³-hybridized carbons (Fsp3) is 0.650. The van der Waals surface area contributed by atoms with Gasteiger partial charge in [-0.1, -0.05) is 25.9 Å². The average Bonchev–Trinajstić information content (AvgIpc) is 3.00. The zero-order chi connectivity index (χ0) is 18.3. The van der Waals surface area contributed by atoms with E-state index < -0.39 is 0 Å². The molecule has 0 bridgehead atoms. The Balaban J connectivity index is 1.54. The SMILES string of the molecule is CC1CC(Cc2nc(-c3cc4c([nH]c3=O)CCNC4)no2)CC(C)(C)C1. The zero-order valence-corrected chi connectivity index (χ0v) is 15.9. The molecule has 140 valence electrons. The molecule has 2 aromatic heterocycles. The summed E-state index contributed by atoms with van der Waals surface area (Å²) in [6.07, 6.45) is 5.30. The monoisotopic (exact) mass is 356 g/mol. The summed E-state index contributed by atoms with van der Waals surface area (Å²) in [5.74, 6) is 2.33. The van der Waals surface area contributed by atoms with Gasteiger partial charge < -0.3 is 14.8 Å². The standard InChI is InChI=1S/C20H28N4O2/c1-12-6-13(10-20(2,3)9-12)7-17-23-18(24-26-17)15-8-14-11-21-5-4-16(14)22-19(15)25/h8,12-13,21H,4-7,9-11H2,1-3H3,(H,22,25). The van der Waals surface area contributed by atoms with Gasteiger partial charge in [0.2, 0.25) is 11.7 Å².